The van der Waals surface area contributed by atoms with E-state index in [1.165, 1.54) is 12.1 Å². The van der Waals surface area contributed by atoms with Gasteiger partial charge in [0.2, 0.25) is 0 Å². The minimum absolute atomic E-state index is 0.0701. The van der Waals surface area contributed by atoms with E-state index < -0.39 is 14.0 Å². The van der Waals surface area contributed by atoms with Gasteiger partial charge >= 0.3 is 0 Å². The van der Waals surface area contributed by atoms with Crippen molar-refractivity contribution in [1.82, 2.24) is 0 Å². The number of nitro benzene ring substituents is 1. The first kappa shape index (κ1) is 9.72. The molecule has 13 heavy (non-hydrogen) atoms. The van der Waals surface area contributed by atoms with Crippen molar-refractivity contribution in [3.8, 4) is 5.75 Å². The predicted octanol–water partition coefficient (Wildman–Crippen LogP) is 2.22. The summed E-state index contributed by atoms with van der Waals surface area (Å²) in [4.78, 5) is 9.97. The lowest BCUT2D eigenvalue weighted by molar-refractivity contribution is -0.384. The van der Waals surface area contributed by atoms with Gasteiger partial charge in [0, 0.05) is 6.07 Å². The highest BCUT2D eigenvalue weighted by Crippen LogP contribution is 2.19. The lowest BCUT2D eigenvalue weighted by atomic mass is 10.3. The SMILES string of the molecule is C[Si](C)Oc1cccc([N+](=O)[O-])c1. The van der Waals surface area contributed by atoms with Gasteiger partial charge < -0.3 is 4.43 Å². The van der Waals surface area contributed by atoms with E-state index in [4.69, 9.17) is 4.43 Å². The normalized spacial score (nSPS) is 10.1. The highest BCUT2D eigenvalue weighted by atomic mass is 28.3. The van der Waals surface area contributed by atoms with Crippen LogP contribution in [0.15, 0.2) is 24.3 Å². The molecule has 0 heterocycles. The Bertz CT molecular complexity index is 314. The topological polar surface area (TPSA) is 52.4 Å². The maximum absolute atomic E-state index is 10.4. The molecule has 0 saturated carbocycles. The van der Waals surface area contributed by atoms with Crippen molar-refractivity contribution in [2.45, 2.75) is 13.1 Å². The summed E-state index contributed by atoms with van der Waals surface area (Å²) in [7, 11) is -0.851. The first-order valence-corrected chi connectivity index (χ1v) is 6.23. The predicted molar refractivity (Wildman–Crippen MR) is 51.2 cm³/mol. The molecule has 0 aliphatic carbocycles. The zero-order valence-electron chi connectivity index (χ0n) is 7.48. The Hall–Kier alpha value is -1.36. The van der Waals surface area contributed by atoms with Crippen molar-refractivity contribution >= 4 is 14.7 Å². The molecule has 4 nitrogen and oxygen atoms in total. The summed E-state index contributed by atoms with van der Waals surface area (Å²) in [5.41, 5.74) is 0.0701. The third kappa shape index (κ3) is 2.87. The largest absolute Gasteiger partial charge is 0.542 e. The van der Waals surface area contributed by atoms with Gasteiger partial charge in [-0.2, -0.15) is 0 Å². The third-order valence-electron chi connectivity index (χ3n) is 1.35. The van der Waals surface area contributed by atoms with Gasteiger partial charge in [-0.25, -0.2) is 0 Å². The Morgan fingerprint density at radius 2 is 2.15 bits per heavy atom. The summed E-state index contributed by atoms with van der Waals surface area (Å²) in [5.74, 6) is 0.577. The molecule has 0 aliphatic rings. The van der Waals surface area contributed by atoms with E-state index >= 15 is 0 Å². The molecule has 0 atom stereocenters. The molecule has 1 aromatic carbocycles. The van der Waals surface area contributed by atoms with E-state index in [-0.39, 0.29) is 5.69 Å². The molecule has 1 rings (SSSR count). The third-order valence-corrected chi connectivity index (χ3v) is 1.99. The number of nitrogens with zero attached hydrogens (tertiary/aromatic N) is 1. The molecule has 1 aromatic rings. The summed E-state index contributed by atoms with van der Waals surface area (Å²) >= 11 is 0. The lowest BCUT2D eigenvalue weighted by Gasteiger charge is -2.06. The molecule has 0 unspecified atom stereocenters. The molecular weight excluding hydrogens is 186 g/mol. The van der Waals surface area contributed by atoms with Gasteiger partial charge in [-0.15, -0.1) is 0 Å². The van der Waals surface area contributed by atoms with Gasteiger partial charge in [-0.05, 0) is 19.2 Å². The number of non-ortho nitro benzene ring substituents is 1. The van der Waals surface area contributed by atoms with E-state index in [2.05, 4.69) is 0 Å². The van der Waals surface area contributed by atoms with Crippen LogP contribution in [0.5, 0.6) is 5.75 Å². The molecule has 0 saturated heterocycles. The number of nitro groups is 1. The van der Waals surface area contributed by atoms with E-state index in [0.29, 0.717) is 5.75 Å². The fraction of sp³-hybridized carbons (Fsp3) is 0.250. The maximum atomic E-state index is 10.4. The number of benzene rings is 1. The first-order chi connectivity index (χ1) is 6.09. The summed E-state index contributed by atoms with van der Waals surface area (Å²) in [6, 6.07) is 6.24. The standard InChI is InChI=1S/C8H10NO3Si/c1-13(2)12-8-5-3-4-7(6-8)9(10)11/h3-6H,1-2H3. The Balaban J connectivity index is 2.85. The van der Waals surface area contributed by atoms with Crippen molar-refractivity contribution in [1.29, 1.82) is 0 Å². The van der Waals surface area contributed by atoms with Gasteiger partial charge in [0.1, 0.15) is 5.75 Å². The highest BCUT2D eigenvalue weighted by Gasteiger charge is 2.07. The summed E-state index contributed by atoms with van der Waals surface area (Å²) < 4.78 is 5.40. The van der Waals surface area contributed by atoms with Gasteiger partial charge in [0.15, 0.2) is 0 Å². The van der Waals surface area contributed by atoms with Crippen LogP contribution in [-0.2, 0) is 0 Å². The Morgan fingerprint density at radius 3 is 2.69 bits per heavy atom. The molecule has 0 N–H and O–H groups in total. The smallest absolute Gasteiger partial charge is 0.274 e. The van der Waals surface area contributed by atoms with Crippen LogP contribution in [0.1, 0.15) is 0 Å². The maximum Gasteiger partial charge on any atom is 0.274 e. The average Bonchev–Trinajstić information content (AvgIpc) is 2.03. The van der Waals surface area contributed by atoms with E-state index in [1.807, 2.05) is 13.1 Å². The fourth-order valence-corrected chi connectivity index (χ4v) is 1.49. The molecule has 69 valence electrons. The van der Waals surface area contributed by atoms with Crippen LogP contribution in [0, 0.1) is 10.1 Å². The zero-order chi connectivity index (χ0) is 9.84. The minimum Gasteiger partial charge on any atom is -0.542 e. The molecule has 0 amide bonds. The molecule has 0 aliphatic heterocycles. The van der Waals surface area contributed by atoms with Gasteiger partial charge in [0.05, 0.1) is 11.0 Å². The molecule has 0 aromatic heterocycles. The number of hydrogen-bond donors (Lipinski definition) is 0. The van der Waals surface area contributed by atoms with E-state index in [9.17, 15) is 10.1 Å². The van der Waals surface area contributed by atoms with Crippen LogP contribution >= 0.6 is 0 Å². The van der Waals surface area contributed by atoms with Crippen molar-refractivity contribution < 1.29 is 9.35 Å². The number of rotatable bonds is 3. The Labute approximate surface area is 78.0 Å². The van der Waals surface area contributed by atoms with Crippen LogP contribution in [0.3, 0.4) is 0 Å². The molecule has 1 radical (unpaired) electrons. The molecule has 0 bridgehead atoms. The second kappa shape index (κ2) is 4.04. The zero-order valence-corrected chi connectivity index (χ0v) is 8.48. The van der Waals surface area contributed by atoms with Crippen molar-refractivity contribution in [2.75, 3.05) is 0 Å². The molecule has 5 heteroatoms. The van der Waals surface area contributed by atoms with Crippen LogP contribution in [-0.4, -0.2) is 14.0 Å². The quantitative estimate of drug-likeness (QED) is 0.423. The molecular formula is C8H10NO3Si. The molecule has 0 spiro atoms. The summed E-state index contributed by atoms with van der Waals surface area (Å²) in [6.07, 6.45) is 0. The van der Waals surface area contributed by atoms with Crippen LogP contribution in [0.4, 0.5) is 5.69 Å². The second-order valence-corrected chi connectivity index (χ2v) is 4.79. The summed E-state index contributed by atoms with van der Waals surface area (Å²) in [5, 5.41) is 10.4. The Morgan fingerprint density at radius 1 is 1.46 bits per heavy atom. The monoisotopic (exact) mass is 196 g/mol. The fourth-order valence-electron chi connectivity index (χ4n) is 0.896. The minimum atomic E-state index is -0.851. The lowest BCUT2D eigenvalue weighted by Crippen LogP contribution is -2.11. The van der Waals surface area contributed by atoms with Crippen LogP contribution < -0.4 is 4.43 Å². The highest BCUT2D eigenvalue weighted by molar-refractivity contribution is 6.49. The van der Waals surface area contributed by atoms with Gasteiger partial charge in [-0.3, -0.25) is 10.1 Å². The van der Waals surface area contributed by atoms with E-state index in [1.54, 1.807) is 12.1 Å². The van der Waals surface area contributed by atoms with E-state index in [0.717, 1.165) is 0 Å². The number of hydrogen-bond acceptors (Lipinski definition) is 3. The van der Waals surface area contributed by atoms with Crippen LogP contribution in [0.25, 0.3) is 0 Å². The Kier molecular flexibility index (Phi) is 3.02. The second-order valence-electron chi connectivity index (χ2n) is 2.76. The molecule has 0 fully saturated rings. The van der Waals surface area contributed by atoms with Gasteiger partial charge in [-0.1, -0.05) is 6.07 Å². The van der Waals surface area contributed by atoms with Crippen molar-refractivity contribution in [3.63, 3.8) is 0 Å². The average molecular weight is 196 g/mol. The summed E-state index contributed by atoms with van der Waals surface area (Å²) in [6.45, 7) is 3.95. The van der Waals surface area contributed by atoms with Crippen LogP contribution in [0.2, 0.25) is 13.1 Å². The van der Waals surface area contributed by atoms with Gasteiger partial charge in [0.25, 0.3) is 14.7 Å². The van der Waals surface area contributed by atoms with Crippen molar-refractivity contribution in [3.05, 3.63) is 34.4 Å². The van der Waals surface area contributed by atoms with Crippen molar-refractivity contribution in [2.24, 2.45) is 0 Å². The first-order valence-electron chi connectivity index (χ1n) is 3.82.